The van der Waals surface area contributed by atoms with Crippen molar-refractivity contribution in [3.63, 3.8) is 0 Å². The molecule has 4 rings (SSSR count). The average molecular weight is 444 g/mol. The summed E-state index contributed by atoms with van der Waals surface area (Å²) in [5.41, 5.74) is 2.45. The third-order valence-corrected chi connectivity index (χ3v) is 5.60. The Balaban J connectivity index is 1.79. The van der Waals surface area contributed by atoms with Crippen LogP contribution in [0.2, 0.25) is 0 Å². The molecule has 0 saturated carbocycles. The number of rotatable bonds is 8. The molecular weight excluding hydrogens is 422 g/mol. The van der Waals surface area contributed by atoms with Crippen molar-refractivity contribution in [2.75, 3.05) is 12.4 Å². The molecule has 0 saturated heterocycles. The molecule has 0 aliphatic heterocycles. The topological polar surface area (TPSA) is 72.8 Å². The number of carbonyl (C=O) groups is 1. The number of oxime groups is 1. The summed E-state index contributed by atoms with van der Waals surface area (Å²) in [5.74, 6) is -0.475. The summed E-state index contributed by atoms with van der Waals surface area (Å²) >= 11 is 1.35. The smallest absolute Gasteiger partial charge is 0.359 e. The molecule has 0 bridgehead atoms. The van der Waals surface area contributed by atoms with Crippen LogP contribution < -0.4 is 10.1 Å². The molecule has 0 aliphatic rings. The van der Waals surface area contributed by atoms with Crippen molar-refractivity contribution in [2.24, 2.45) is 5.16 Å². The lowest BCUT2D eigenvalue weighted by Crippen LogP contribution is -2.38. The highest BCUT2D eigenvalue weighted by Crippen LogP contribution is 2.41. The zero-order valence-corrected chi connectivity index (χ0v) is 18.2. The van der Waals surface area contributed by atoms with E-state index in [9.17, 15) is 4.79 Å². The SMILES string of the molecule is CON=CC(=O)Oc1csc(NC(c2ccccc2)(c2ccccc2)c2ccccc2)n1. The van der Waals surface area contributed by atoms with Crippen LogP contribution in [0.4, 0.5) is 5.13 Å². The first-order valence-corrected chi connectivity index (χ1v) is 10.8. The number of thiazole rings is 1. The molecule has 4 aromatic rings. The number of anilines is 1. The lowest BCUT2D eigenvalue weighted by Gasteiger charge is -2.36. The predicted octanol–water partition coefficient (Wildman–Crippen LogP) is 5.08. The summed E-state index contributed by atoms with van der Waals surface area (Å²) < 4.78 is 5.22. The number of aromatic nitrogens is 1. The Morgan fingerprint density at radius 2 is 1.41 bits per heavy atom. The quantitative estimate of drug-likeness (QED) is 0.178. The summed E-state index contributed by atoms with van der Waals surface area (Å²) in [4.78, 5) is 20.8. The standard InChI is InChI=1S/C25H21N3O3S/c1-30-26-17-23(29)31-22-18-32-24(27-22)28-25(19-11-5-2-6-12-19,20-13-7-3-8-14-20)21-15-9-4-10-16-21/h2-18H,1H3,(H,27,28). The van der Waals surface area contributed by atoms with Crippen molar-refractivity contribution in [2.45, 2.75) is 5.54 Å². The molecule has 1 N–H and O–H groups in total. The number of nitrogens with one attached hydrogen (secondary N) is 1. The minimum atomic E-state index is -0.708. The Kier molecular flexibility index (Phi) is 6.57. The van der Waals surface area contributed by atoms with Gasteiger partial charge in [-0.25, -0.2) is 4.79 Å². The Labute approximate surface area is 190 Å². The van der Waals surface area contributed by atoms with Gasteiger partial charge in [-0.1, -0.05) is 96.2 Å². The molecule has 0 aliphatic carbocycles. The van der Waals surface area contributed by atoms with Gasteiger partial charge in [-0.3, -0.25) is 0 Å². The molecular formula is C25H21N3O3S. The van der Waals surface area contributed by atoms with E-state index < -0.39 is 11.5 Å². The van der Waals surface area contributed by atoms with Crippen LogP contribution in [0.5, 0.6) is 5.88 Å². The second-order valence-corrected chi connectivity index (χ2v) is 7.66. The van der Waals surface area contributed by atoms with E-state index in [1.807, 2.05) is 54.6 Å². The van der Waals surface area contributed by atoms with E-state index in [1.54, 1.807) is 5.38 Å². The minimum Gasteiger partial charge on any atom is -0.402 e. The third-order valence-electron chi connectivity index (χ3n) is 4.87. The summed E-state index contributed by atoms with van der Waals surface area (Å²) in [5, 5.41) is 9.33. The number of carbonyl (C=O) groups excluding carboxylic acids is 1. The molecule has 6 nitrogen and oxygen atoms in total. The molecule has 0 spiro atoms. The van der Waals surface area contributed by atoms with E-state index in [4.69, 9.17) is 4.74 Å². The lowest BCUT2D eigenvalue weighted by molar-refractivity contribution is -0.126. The fourth-order valence-electron chi connectivity index (χ4n) is 3.53. The molecule has 0 radical (unpaired) electrons. The molecule has 160 valence electrons. The summed E-state index contributed by atoms with van der Waals surface area (Å²) in [7, 11) is 1.35. The van der Waals surface area contributed by atoms with Gasteiger partial charge in [0.2, 0.25) is 5.88 Å². The zero-order valence-electron chi connectivity index (χ0n) is 17.3. The van der Waals surface area contributed by atoms with E-state index in [0.29, 0.717) is 5.13 Å². The van der Waals surface area contributed by atoms with Gasteiger partial charge in [-0.15, -0.1) is 11.3 Å². The van der Waals surface area contributed by atoms with E-state index in [2.05, 4.69) is 56.7 Å². The number of benzene rings is 3. The maximum Gasteiger partial charge on any atom is 0.359 e. The van der Waals surface area contributed by atoms with Gasteiger partial charge in [0.15, 0.2) is 11.3 Å². The largest absolute Gasteiger partial charge is 0.402 e. The predicted molar refractivity (Wildman–Crippen MR) is 126 cm³/mol. The Morgan fingerprint density at radius 1 is 0.906 bits per heavy atom. The van der Waals surface area contributed by atoms with Crippen LogP contribution in [0.3, 0.4) is 0 Å². The molecule has 0 fully saturated rings. The summed E-state index contributed by atoms with van der Waals surface area (Å²) in [6.45, 7) is 0. The van der Waals surface area contributed by atoms with Crippen molar-refractivity contribution in [1.82, 2.24) is 4.98 Å². The van der Waals surface area contributed by atoms with Crippen LogP contribution >= 0.6 is 11.3 Å². The fraction of sp³-hybridized carbons (Fsp3) is 0.0800. The number of hydrogen-bond acceptors (Lipinski definition) is 7. The van der Waals surface area contributed by atoms with Gasteiger partial charge in [-0.2, -0.15) is 4.98 Å². The van der Waals surface area contributed by atoms with E-state index >= 15 is 0 Å². The molecule has 0 atom stereocenters. The van der Waals surface area contributed by atoms with Gasteiger partial charge in [-0.05, 0) is 16.7 Å². The fourth-order valence-corrected chi connectivity index (χ4v) is 4.20. The van der Waals surface area contributed by atoms with Crippen LogP contribution in [-0.2, 0) is 15.2 Å². The van der Waals surface area contributed by atoms with Crippen molar-refractivity contribution in [3.8, 4) is 5.88 Å². The maximum atomic E-state index is 11.8. The maximum absolute atomic E-state index is 11.8. The first kappa shape index (κ1) is 21.3. The summed E-state index contributed by atoms with van der Waals surface area (Å²) in [6, 6.07) is 30.6. The van der Waals surface area contributed by atoms with Crippen molar-refractivity contribution in [3.05, 3.63) is 113 Å². The molecule has 7 heteroatoms. The average Bonchev–Trinajstić information content (AvgIpc) is 3.29. The number of nitrogens with zero attached hydrogens (tertiary/aromatic N) is 2. The third kappa shape index (κ3) is 4.53. The second kappa shape index (κ2) is 9.89. The van der Waals surface area contributed by atoms with Crippen LogP contribution in [0, 0.1) is 0 Å². The highest BCUT2D eigenvalue weighted by molar-refractivity contribution is 7.13. The van der Waals surface area contributed by atoms with Crippen LogP contribution in [0.15, 0.2) is 102 Å². The van der Waals surface area contributed by atoms with Gasteiger partial charge in [0.1, 0.15) is 12.6 Å². The van der Waals surface area contributed by atoms with Crippen LogP contribution in [-0.4, -0.2) is 24.3 Å². The van der Waals surface area contributed by atoms with Gasteiger partial charge >= 0.3 is 5.97 Å². The van der Waals surface area contributed by atoms with E-state index in [-0.39, 0.29) is 5.88 Å². The van der Waals surface area contributed by atoms with Gasteiger partial charge in [0, 0.05) is 0 Å². The van der Waals surface area contributed by atoms with Gasteiger partial charge in [0.25, 0.3) is 0 Å². The number of ether oxygens (including phenoxy) is 1. The number of esters is 1. The van der Waals surface area contributed by atoms with Crippen molar-refractivity contribution >= 4 is 28.7 Å². The molecule has 3 aromatic carbocycles. The monoisotopic (exact) mass is 443 g/mol. The Hall–Kier alpha value is -3.97. The highest BCUT2D eigenvalue weighted by atomic mass is 32.1. The van der Waals surface area contributed by atoms with Gasteiger partial charge in [0.05, 0.1) is 5.38 Å². The minimum absolute atomic E-state index is 0.188. The molecule has 0 amide bonds. The molecule has 32 heavy (non-hydrogen) atoms. The van der Waals surface area contributed by atoms with Crippen LogP contribution in [0.1, 0.15) is 16.7 Å². The number of hydrogen-bond donors (Lipinski definition) is 1. The van der Waals surface area contributed by atoms with Crippen molar-refractivity contribution < 1.29 is 14.4 Å². The Morgan fingerprint density at radius 3 is 1.88 bits per heavy atom. The molecule has 1 heterocycles. The lowest BCUT2D eigenvalue weighted by atomic mass is 9.77. The highest BCUT2D eigenvalue weighted by Gasteiger charge is 2.37. The van der Waals surface area contributed by atoms with E-state index in [0.717, 1.165) is 22.9 Å². The van der Waals surface area contributed by atoms with Crippen molar-refractivity contribution in [1.29, 1.82) is 0 Å². The Bertz CT molecular complexity index is 1080. The molecule has 0 unspecified atom stereocenters. The first-order valence-electron chi connectivity index (χ1n) is 9.91. The van der Waals surface area contributed by atoms with E-state index in [1.165, 1.54) is 18.4 Å². The van der Waals surface area contributed by atoms with Gasteiger partial charge < -0.3 is 14.9 Å². The zero-order chi connectivity index (χ0) is 22.2. The molecule has 1 aromatic heterocycles. The normalized spacial score (nSPS) is 11.3. The second-order valence-electron chi connectivity index (χ2n) is 6.80. The van der Waals surface area contributed by atoms with Crippen LogP contribution in [0.25, 0.3) is 0 Å². The first-order chi connectivity index (χ1) is 15.7. The summed E-state index contributed by atoms with van der Waals surface area (Å²) in [6.07, 6.45) is 0.953.